The minimum atomic E-state index is -0.874. The van der Waals surface area contributed by atoms with Crippen LogP contribution in [-0.4, -0.2) is 11.1 Å². The zero-order valence-corrected chi connectivity index (χ0v) is 12.8. The Labute approximate surface area is 123 Å². The summed E-state index contributed by atoms with van der Waals surface area (Å²) in [6.07, 6.45) is 0. The molecule has 0 saturated heterocycles. The van der Waals surface area contributed by atoms with E-state index in [4.69, 9.17) is 5.11 Å². The molecule has 0 aromatic heterocycles. The van der Waals surface area contributed by atoms with Gasteiger partial charge in [0.05, 0.1) is 5.56 Å². The van der Waals surface area contributed by atoms with Gasteiger partial charge in [-0.3, -0.25) is 0 Å². The number of hydrogen-bond acceptors (Lipinski definition) is 2. The lowest BCUT2D eigenvalue weighted by Crippen LogP contribution is -1.98. The second-order valence-electron chi connectivity index (χ2n) is 4.98. The van der Waals surface area contributed by atoms with Gasteiger partial charge in [-0.1, -0.05) is 12.1 Å². The van der Waals surface area contributed by atoms with Gasteiger partial charge in [-0.05, 0) is 67.3 Å². The maximum Gasteiger partial charge on any atom is 0.335 e. The molecule has 0 spiro atoms. The molecular weight excluding hydrogens is 268 g/mol. The van der Waals surface area contributed by atoms with E-state index in [1.165, 1.54) is 21.6 Å². The van der Waals surface area contributed by atoms with Crippen LogP contribution in [0.15, 0.2) is 41.3 Å². The Morgan fingerprint density at radius 3 is 2.35 bits per heavy atom. The number of thioether (sulfide) groups is 1. The van der Waals surface area contributed by atoms with E-state index in [0.29, 0.717) is 5.56 Å². The number of carboxylic acid groups (broad SMARTS) is 1. The van der Waals surface area contributed by atoms with Crippen LogP contribution < -0.4 is 0 Å². The Morgan fingerprint density at radius 2 is 1.75 bits per heavy atom. The van der Waals surface area contributed by atoms with E-state index < -0.39 is 5.97 Å². The third kappa shape index (κ3) is 3.42. The molecule has 0 unspecified atom stereocenters. The molecule has 2 aromatic rings. The van der Waals surface area contributed by atoms with Crippen molar-refractivity contribution in [3.05, 3.63) is 64.2 Å². The maximum absolute atomic E-state index is 10.9. The van der Waals surface area contributed by atoms with Gasteiger partial charge in [-0.15, -0.1) is 11.8 Å². The standard InChI is InChI=1S/C17H18O2S/c1-11-4-7-16(9-12(11)2)20-10-15-6-5-14(17(18)19)8-13(15)3/h4-9H,10H2,1-3H3,(H,18,19). The molecule has 1 N–H and O–H groups in total. The van der Waals surface area contributed by atoms with Crippen LogP contribution in [-0.2, 0) is 5.75 Å². The van der Waals surface area contributed by atoms with E-state index in [-0.39, 0.29) is 0 Å². The van der Waals surface area contributed by atoms with Crippen LogP contribution in [0, 0.1) is 20.8 Å². The van der Waals surface area contributed by atoms with E-state index in [0.717, 1.165) is 11.3 Å². The SMILES string of the molecule is Cc1ccc(SCc2ccc(C(=O)O)cc2C)cc1C. The van der Waals surface area contributed by atoms with Crippen LogP contribution in [0.4, 0.5) is 0 Å². The van der Waals surface area contributed by atoms with Crippen molar-refractivity contribution in [1.29, 1.82) is 0 Å². The largest absolute Gasteiger partial charge is 0.478 e. The highest BCUT2D eigenvalue weighted by atomic mass is 32.2. The number of hydrogen-bond donors (Lipinski definition) is 1. The predicted molar refractivity (Wildman–Crippen MR) is 83.6 cm³/mol. The van der Waals surface area contributed by atoms with Crippen LogP contribution in [0.3, 0.4) is 0 Å². The number of rotatable bonds is 4. The average molecular weight is 286 g/mol. The number of aryl methyl sites for hydroxylation is 3. The van der Waals surface area contributed by atoms with Crippen molar-refractivity contribution in [2.24, 2.45) is 0 Å². The van der Waals surface area contributed by atoms with Crippen LogP contribution >= 0.6 is 11.8 Å². The van der Waals surface area contributed by atoms with Crippen LogP contribution in [0.5, 0.6) is 0 Å². The van der Waals surface area contributed by atoms with Gasteiger partial charge in [0.1, 0.15) is 0 Å². The van der Waals surface area contributed by atoms with Crippen LogP contribution in [0.2, 0.25) is 0 Å². The quantitative estimate of drug-likeness (QED) is 0.834. The van der Waals surface area contributed by atoms with Crippen molar-refractivity contribution in [3.63, 3.8) is 0 Å². The molecule has 0 fully saturated rings. The van der Waals surface area contributed by atoms with Crippen LogP contribution in [0.25, 0.3) is 0 Å². The average Bonchev–Trinajstić information content (AvgIpc) is 2.41. The summed E-state index contributed by atoms with van der Waals surface area (Å²) < 4.78 is 0. The number of aromatic carboxylic acids is 1. The molecule has 0 aliphatic rings. The molecule has 0 saturated carbocycles. The summed E-state index contributed by atoms with van der Waals surface area (Å²) in [7, 11) is 0. The smallest absolute Gasteiger partial charge is 0.335 e. The third-order valence-electron chi connectivity index (χ3n) is 3.46. The summed E-state index contributed by atoms with van der Waals surface area (Å²) in [6.45, 7) is 6.19. The summed E-state index contributed by atoms with van der Waals surface area (Å²) in [5.74, 6) is -0.0183. The zero-order chi connectivity index (χ0) is 14.7. The first kappa shape index (κ1) is 14.7. The molecule has 3 heteroatoms. The van der Waals surface area contributed by atoms with Crippen molar-refractivity contribution < 1.29 is 9.90 Å². The molecule has 0 aliphatic heterocycles. The van der Waals surface area contributed by atoms with Gasteiger partial charge in [-0.2, -0.15) is 0 Å². The molecule has 20 heavy (non-hydrogen) atoms. The van der Waals surface area contributed by atoms with E-state index in [2.05, 4.69) is 32.0 Å². The topological polar surface area (TPSA) is 37.3 Å². The minimum absolute atomic E-state index is 0.349. The fraction of sp³-hybridized carbons (Fsp3) is 0.235. The highest BCUT2D eigenvalue weighted by Gasteiger charge is 2.06. The normalized spacial score (nSPS) is 10.6. The molecule has 0 heterocycles. The highest BCUT2D eigenvalue weighted by molar-refractivity contribution is 7.98. The Balaban J connectivity index is 2.10. The van der Waals surface area contributed by atoms with Gasteiger partial charge in [0.2, 0.25) is 0 Å². The number of carbonyl (C=O) groups is 1. The van der Waals surface area contributed by atoms with Crippen molar-refractivity contribution in [2.45, 2.75) is 31.4 Å². The first-order valence-electron chi connectivity index (χ1n) is 6.50. The van der Waals surface area contributed by atoms with Crippen molar-refractivity contribution in [1.82, 2.24) is 0 Å². The Bertz CT molecular complexity index is 647. The van der Waals surface area contributed by atoms with Crippen molar-refractivity contribution in [2.75, 3.05) is 0 Å². The second kappa shape index (κ2) is 6.14. The summed E-state index contributed by atoms with van der Waals surface area (Å²) in [5, 5.41) is 8.96. The lowest BCUT2D eigenvalue weighted by molar-refractivity contribution is 0.0697. The Kier molecular flexibility index (Phi) is 4.50. The van der Waals surface area contributed by atoms with Gasteiger partial charge < -0.3 is 5.11 Å². The van der Waals surface area contributed by atoms with E-state index in [9.17, 15) is 4.79 Å². The molecule has 0 amide bonds. The summed E-state index contributed by atoms with van der Waals surface area (Å²) in [4.78, 5) is 12.2. The number of carboxylic acids is 1. The molecular formula is C17H18O2S. The minimum Gasteiger partial charge on any atom is -0.478 e. The second-order valence-corrected chi connectivity index (χ2v) is 6.03. The molecule has 0 atom stereocenters. The number of benzene rings is 2. The van der Waals surface area contributed by atoms with Crippen molar-refractivity contribution >= 4 is 17.7 Å². The molecule has 104 valence electrons. The Hall–Kier alpha value is -1.74. The van der Waals surface area contributed by atoms with E-state index in [1.807, 2.05) is 13.0 Å². The molecule has 0 bridgehead atoms. The van der Waals surface area contributed by atoms with Crippen molar-refractivity contribution in [3.8, 4) is 0 Å². The van der Waals surface area contributed by atoms with Gasteiger partial charge >= 0.3 is 5.97 Å². The summed E-state index contributed by atoms with van der Waals surface area (Å²) in [5.41, 5.74) is 5.16. The molecule has 2 nitrogen and oxygen atoms in total. The van der Waals surface area contributed by atoms with Gasteiger partial charge in [0.25, 0.3) is 0 Å². The van der Waals surface area contributed by atoms with E-state index in [1.54, 1.807) is 23.9 Å². The zero-order valence-electron chi connectivity index (χ0n) is 11.9. The third-order valence-corrected chi connectivity index (χ3v) is 4.50. The fourth-order valence-corrected chi connectivity index (χ4v) is 3.03. The van der Waals surface area contributed by atoms with Gasteiger partial charge in [0, 0.05) is 10.6 Å². The van der Waals surface area contributed by atoms with E-state index >= 15 is 0 Å². The molecule has 2 rings (SSSR count). The molecule has 2 aromatic carbocycles. The Morgan fingerprint density at radius 1 is 1.00 bits per heavy atom. The van der Waals surface area contributed by atoms with Gasteiger partial charge in [-0.25, -0.2) is 4.79 Å². The summed E-state index contributed by atoms with van der Waals surface area (Å²) >= 11 is 1.78. The highest BCUT2D eigenvalue weighted by Crippen LogP contribution is 2.26. The lowest BCUT2D eigenvalue weighted by Gasteiger charge is -2.08. The monoisotopic (exact) mass is 286 g/mol. The summed E-state index contributed by atoms with van der Waals surface area (Å²) in [6, 6.07) is 11.8. The predicted octanol–water partition coefficient (Wildman–Crippen LogP) is 4.60. The van der Waals surface area contributed by atoms with Gasteiger partial charge in [0.15, 0.2) is 0 Å². The maximum atomic E-state index is 10.9. The first-order valence-corrected chi connectivity index (χ1v) is 7.49. The molecule has 0 radical (unpaired) electrons. The van der Waals surface area contributed by atoms with Crippen LogP contribution in [0.1, 0.15) is 32.6 Å². The fourth-order valence-electron chi connectivity index (χ4n) is 1.96. The first-order chi connectivity index (χ1) is 9.47. The lowest BCUT2D eigenvalue weighted by atomic mass is 10.1. The molecule has 0 aliphatic carbocycles.